The molecule has 2 heterocycles. The summed E-state index contributed by atoms with van der Waals surface area (Å²) in [6.07, 6.45) is 4.78. The van der Waals surface area contributed by atoms with Crippen LogP contribution in [0.5, 0.6) is 0 Å². The average Bonchev–Trinajstić information content (AvgIpc) is 2.98. The summed E-state index contributed by atoms with van der Waals surface area (Å²) in [5.74, 6) is 1.11. The van der Waals surface area contributed by atoms with Crippen LogP contribution in [0.4, 0.5) is 27.5 Å². The number of hydrogen-bond donors (Lipinski definition) is 3. The molecule has 2 amide bonds. The smallest absolute Gasteiger partial charge is 0.322 e. The quantitative estimate of drug-likeness (QED) is 0.470. The molecule has 2 atom stereocenters. The lowest BCUT2D eigenvalue weighted by molar-refractivity contribution is -0.136. The Balaban J connectivity index is 1.03. The minimum absolute atomic E-state index is 0.0398. The molecule has 4 saturated carbocycles. The van der Waals surface area contributed by atoms with Gasteiger partial charge in [-0.25, -0.2) is 13.2 Å². The van der Waals surface area contributed by atoms with Crippen molar-refractivity contribution in [3.05, 3.63) is 48.5 Å². The van der Waals surface area contributed by atoms with E-state index in [1.54, 1.807) is 0 Å². The number of nitrogens with zero attached hydrogens (tertiary/aromatic N) is 4. The van der Waals surface area contributed by atoms with E-state index in [0.29, 0.717) is 57.0 Å². The highest BCUT2D eigenvalue weighted by Crippen LogP contribution is 2.55. The van der Waals surface area contributed by atoms with Crippen LogP contribution in [0, 0.1) is 17.8 Å². The summed E-state index contributed by atoms with van der Waals surface area (Å²) in [6, 6.07) is 16.5. The summed E-state index contributed by atoms with van der Waals surface area (Å²) in [6.45, 7) is 2.90. The third kappa shape index (κ3) is 5.04. The van der Waals surface area contributed by atoms with E-state index in [2.05, 4.69) is 45.4 Å². The number of amides is 2. The van der Waals surface area contributed by atoms with Crippen LogP contribution in [0.1, 0.15) is 32.1 Å². The van der Waals surface area contributed by atoms with Crippen LogP contribution >= 0.6 is 0 Å². The van der Waals surface area contributed by atoms with E-state index in [-0.39, 0.29) is 24.4 Å². The number of anilines is 4. The number of benzene rings is 2. The Kier molecular flexibility index (Phi) is 7.11. The number of urea groups is 1. The van der Waals surface area contributed by atoms with Gasteiger partial charge in [0.25, 0.3) is 0 Å². The normalized spacial score (nSPS) is 30.9. The largest absolute Gasteiger partial charge is 0.395 e. The van der Waals surface area contributed by atoms with E-state index in [0.717, 1.165) is 54.9 Å². The van der Waals surface area contributed by atoms with Crippen molar-refractivity contribution in [3.8, 4) is 0 Å². The maximum absolute atomic E-state index is 13.7. The van der Waals surface area contributed by atoms with E-state index in [1.807, 2.05) is 23.1 Å². The molecule has 0 spiro atoms. The molecule has 226 valence electrons. The van der Waals surface area contributed by atoms with E-state index in [4.69, 9.17) is 5.11 Å². The lowest BCUT2D eigenvalue weighted by Crippen LogP contribution is -2.63. The summed E-state index contributed by atoms with van der Waals surface area (Å²) in [5, 5.41) is 23.4. The van der Waals surface area contributed by atoms with Crippen molar-refractivity contribution in [1.29, 1.82) is 0 Å². The van der Waals surface area contributed by atoms with Crippen LogP contribution in [0.15, 0.2) is 48.5 Å². The number of hydrogen-bond acceptors (Lipinski definition) is 7. The number of aliphatic hydroxyl groups is 2. The number of para-hydroxylation sites is 2. The highest BCUT2D eigenvalue weighted by molar-refractivity contribution is 7.89. The number of nitrogens with one attached hydrogen (secondary N) is 1. The third-order valence-corrected chi connectivity index (χ3v) is 12.1. The first-order valence-corrected chi connectivity index (χ1v) is 16.9. The predicted molar refractivity (Wildman–Crippen MR) is 163 cm³/mol. The Morgan fingerprint density at radius 2 is 1.50 bits per heavy atom. The van der Waals surface area contributed by atoms with E-state index in [9.17, 15) is 18.3 Å². The van der Waals surface area contributed by atoms with Crippen molar-refractivity contribution in [2.75, 3.05) is 66.3 Å². The van der Waals surface area contributed by atoms with Crippen molar-refractivity contribution in [2.45, 2.75) is 43.7 Å². The summed E-state index contributed by atoms with van der Waals surface area (Å²) in [7, 11) is -3.41. The van der Waals surface area contributed by atoms with Crippen LogP contribution in [-0.2, 0) is 10.0 Å². The molecular weight excluding hydrogens is 554 g/mol. The summed E-state index contributed by atoms with van der Waals surface area (Å²) < 4.78 is 26.0. The van der Waals surface area contributed by atoms with Gasteiger partial charge in [-0.05, 0) is 86.3 Å². The molecule has 1 saturated heterocycles. The van der Waals surface area contributed by atoms with Gasteiger partial charge in [-0.1, -0.05) is 12.1 Å². The first-order chi connectivity index (χ1) is 20.2. The molecule has 2 unspecified atom stereocenters. The maximum Gasteiger partial charge on any atom is 0.322 e. The first kappa shape index (κ1) is 27.9. The molecule has 11 heteroatoms. The van der Waals surface area contributed by atoms with E-state index >= 15 is 0 Å². The second-order valence-corrected chi connectivity index (χ2v) is 15.0. The van der Waals surface area contributed by atoms with Crippen LogP contribution in [0.25, 0.3) is 0 Å². The minimum atomic E-state index is -3.41. The molecule has 4 aliphatic carbocycles. The van der Waals surface area contributed by atoms with Crippen molar-refractivity contribution in [2.24, 2.45) is 17.8 Å². The second-order valence-electron chi connectivity index (χ2n) is 12.9. The number of piperazine rings is 1. The van der Waals surface area contributed by atoms with Crippen molar-refractivity contribution >= 4 is 38.8 Å². The van der Waals surface area contributed by atoms with E-state index in [1.165, 1.54) is 4.31 Å². The molecule has 0 radical (unpaired) electrons. The molecule has 6 aliphatic rings. The van der Waals surface area contributed by atoms with Gasteiger partial charge < -0.3 is 25.3 Å². The number of sulfonamides is 1. The summed E-state index contributed by atoms with van der Waals surface area (Å²) >= 11 is 0. The van der Waals surface area contributed by atoms with Crippen LogP contribution < -0.4 is 20.0 Å². The highest BCUT2D eigenvalue weighted by atomic mass is 32.2. The number of carbonyl (C=O) groups excluding carboxylic acids is 1. The molecule has 2 aromatic rings. The molecule has 4 bridgehead atoms. The fourth-order valence-corrected chi connectivity index (χ4v) is 9.80. The molecule has 5 fully saturated rings. The Morgan fingerprint density at radius 1 is 0.857 bits per heavy atom. The monoisotopic (exact) mass is 595 g/mol. The summed E-state index contributed by atoms with van der Waals surface area (Å²) in [5.41, 5.74) is 3.47. The highest BCUT2D eigenvalue weighted by Gasteiger charge is 2.55. The molecule has 10 nitrogen and oxygen atoms in total. The lowest BCUT2D eigenvalue weighted by atomic mass is 9.52. The van der Waals surface area contributed by atoms with Gasteiger partial charge in [0.05, 0.1) is 29.3 Å². The Hall–Kier alpha value is -2.86. The van der Waals surface area contributed by atoms with Gasteiger partial charge in [0, 0.05) is 56.7 Å². The van der Waals surface area contributed by atoms with Crippen LogP contribution in [0.2, 0.25) is 0 Å². The Labute approximate surface area is 247 Å². The second kappa shape index (κ2) is 10.7. The predicted octanol–water partition coefficient (Wildman–Crippen LogP) is 2.74. The van der Waals surface area contributed by atoms with Crippen LogP contribution in [-0.4, -0.2) is 92.2 Å². The number of aliphatic hydroxyl groups excluding tert-OH is 1. The van der Waals surface area contributed by atoms with Crippen LogP contribution in [0.3, 0.4) is 0 Å². The van der Waals surface area contributed by atoms with Gasteiger partial charge in [-0.3, -0.25) is 4.90 Å². The van der Waals surface area contributed by atoms with Crippen molar-refractivity contribution in [1.82, 2.24) is 9.62 Å². The van der Waals surface area contributed by atoms with Crippen molar-refractivity contribution < 1.29 is 23.4 Å². The Bertz CT molecular complexity index is 1410. The van der Waals surface area contributed by atoms with E-state index < -0.39 is 15.6 Å². The average molecular weight is 596 g/mol. The lowest BCUT2D eigenvalue weighted by Gasteiger charge is -2.58. The zero-order chi connectivity index (χ0) is 29.1. The molecule has 2 aliphatic heterocycles. The maximum atomic E-state index is 13.7. The standard InChI is InChI=1S/C31H41N5O5S/c37-15-16-42(40,41)34-11-9-33(10-12-34)25-5-7-26(8-6-25)35-13-14-36(28-4-2-1-3-27(28)35)30(38)32-29-23-17-22-18-24(29)21-31(39,19-22)20-23/h1-8,22-24,29,37,39H,9-21H2,(H,32,38). The fraction of sp³-hybridized carbons (Fsp3) is 0.581. The molecule has 2 aromatic carbocycles. The van der Waals surface area contributed by atoms with Gasteiger partial charge in [0.2, 0.25) is 10.0 Å². The van der Waals surface area contributed by atoms with Gasteiger partial charge in [0.1, 0.15) is 0 Å². The van der Waals surface area contributed by atoms with Gasteiger partial charge in [-0.15, -0.1) is 0 Å². The zero-order valence-corrected chi connectivity index (χ0v) is 24.8. The van der Waals surface area contributed by atoms with Gasteiger partial charge >= 0.3 is 6.03 Å². The third-order valence-electron chi connectivity index (χ3n) is 10.3. The molecule has 0 aromatic heterocycles. The topological polar surface area (TPSA) is 117 Å². The summed E-state index contributed by atoms with van der Waals surface area (Å²) in [4.78, 5) is 20.0. The molecule has 42 heavy (non-hydrogen) atoms. The van der Waals surface area contributed by atoms with Gasteiger partial charge in [-0.2, -0.15) is 4.31 Å². The van der Waals surface area contributed by atoms with Gasteiger partial charge in [0.15, 0.2) is 0 Å². The molecule has 8 rings (SSSR count). The van der Waals surface area contributed by atoms with Crippen molar-refractivity contribution in [3.63, 3.8) is 0 Å². The Morgan fingerprint density at radius 3 is 2.14 bits per heavy atom. The number of carbonyl (C=O) groups is 1. The first-order valence-electron chi connectivity index (χ1n) is 15.3. The SMILES string of the molecule is O=C(NC1C2CC3CC1CC(O)(C3)C2)N1CCN(c2ccc(N3CCN(S(=O)(=O)CCO)CC3)cc2)c2ccccc21. The number of rotatable bonds is 6. The zero-order valence-electron chi connectivity index (χ0n) is 23.9. The molecular formula is C31H41N5O5S. The fourth-order valence-electron chi connectivity index (χ4n) is 8.59. The molecule has 3 N–H and O–H groups in total. The number of fused-ring (bicyclic) bond motifs is 1. The minimum Gasteiger partial charge on any atom is -0.395 e.